The summed E-state index contributed by atoms with van der Waals surface area (Å²) >= 11 is 3.42. The first kappa shape index (κ1) is 12.2. The monoisotopic (exact) mass is 270 g/mol. The highest BCUT2D eigenvalue weighted by Gasteiger charge is 2.12. The number of nitrogens with zero attached hydrogens (tertiary/aromatic N) is 2. The van der Waals surface area contributed by atoms with Gasteiger partial charge in [-0.25, -0.2) is 0 Å². The molecule has 1 atom stereocenters. The van der Waals surface area contributed by atoms with E-state index < -0.39 is 0 Å². The number of carbonyl (C=O) groups is 1. The van der Waals surface area contributed by atoms with Gasteiger partial charge in [-0.15, -0.1) is 0 Å². The zero-order valence-electron chi connectivity index (χ0n) is 9.20. The minimum Gasteiger partial charge on any atom is -0.341 e. The summed E-state index contributed by atoms with van der Waals surface area (Å²) in [6, 6.07) is 3.65. The molecule has 1 aromatic rings. The minimum atomic E-state index is 0.00815. The Labute approximate surface area is 98.6 Å². The lowest BCUT2D eigenvalue weighted by atomic mass is 10.2. The Morgan fingerprint density at radius 3 is 2.73 bits per heavy atom. The maximum Gasteiger partial charge on any atom is 0.255 e. The third kappa shape index (κ3) is 3.63. The number of pyridine rings is 1. The van der Waals surface area contributed by atoms with Crippen LogP contribution in [0.25, 0.3) is 0 Å². The zero-order valence-corrected chi connectivity index (χ0v) is 10.8. The Morgan fingerprint density at radius 2 is 2.27 bits per heavy atom. The lowest BCUT2D eigenvalue weighted by Gasteiger charge is -2.18. The second-order valence-electron chi connectivity index (χ2n) is 3.65. The Morgan fingerprint density at radius 1 is 1.60 bits per heavy atom. The fourth-order valence-electron chi connectivity index (χ4n) is 1.27. The van der Waals surface area contributed by atoms with Gasteiger partial charge in [-0.3, -0.25) is 9.78 Å². The Kier molecular flexibility index (Phi) is 4.27. The molecule has 1 aromatic heterocycles. The molecule has 0 spiro atoms. The molecule has 0 aliphatic heterocycles. The molecule has 1 unspecified atom stereocenters. The number of hydrogen-bond acceptors (Lipinski definition) is 2. The van der Waals surface area contributed by atoms with Gasteiger partial charge >= 0.3 is 0 Å². The molecular formula is C11H15BrN2O. The maximum absolute atomic E-state index is 11.9. The molecule has 0 saturated heterocycles. The van der Waals surface area contributed by atoms with E-state index in [1.54, 1.807) is 24.2 Å². The molecule has 1 heterocycles. The van der Waals surface area contributed by atoms with Crippen molar-refractivity contribution in [3.05, 3.63) is 29.6 Å². The van der Waals surface area contributed by atoms with E-state index in [2.05, 4.69) is 20.9 Å². The molecule has 0 aliphatic rings. The van der Waals surface area contributed by atoms with Gasteiger partial charge in [0, 0.05) is 30.3 Å². The van der Waals surface area contributed by atoms with Crippen LogP contribution in [0.5, 0.6) is 0 Å². The van der Waals surface area contributed by atoms with Crippen LogP contribution < -0.4 is 0 Å². The first-order valence-electron chi connectivity index (χ1n) is 4.83. The van der Waals surface area contributed by atoms with Crippen LogP contribution in [0.1, 0.15) is 23.0 Å². The van der Waals surface area contributed by atoms with Crippen LogP contribution in [0.3, 0.4) is 0 Å². The summed E-state index contributed by atoms with van der Waals surface area (Å²) in [7, 11) is 1.79. The fourth-order valence-corrected chi connectivity index (χ4v) is 1.71. The number of aromatic nitrogens is 1. The first-order valence-corrected chi connectivity index (χ1v) is 5.74. The van der Waals surface area contributed by atoms with Gasteiger partial charge in [0.15, 0.2) is 0 Å². The molecule has 0 radical (unpaired) electrons. The van der Waals surface area contributed by atoms with Crippen LogP contribution in [-0.2, 0) is 0 Å². The molecule has 82 valence electrons. The molecule has 0 fully saturated rings. The number of amides is 1. The van der Waals surface area contributed by atoms with Crippen LogP contribution in [0.2, 0.25) is 0 Å². The molecule has 3 nitrogen and oxygen atoms in total. The largest absolute Gasteiger partial charge is 0.341 e. The first-order chi connectivity index (χ1) is 7.00. The minimum absolute atomic E-state index is 0.00815. The highest BCUT2D eigenvalue weighted by atomic mass is 79.9. The maximum atomic E-state index is 11.9. The molecule has 4 heteroatoms. The highest BCUT2D eigenvalue weighted by molar-refractivity contribution is 9.09. The predicted octanol–water partition coefficient (Wildman–Crippen LogP) is 2.25. The van der Waals surface area contributed by atoms with Gasteiger partial charge in [-0.1, -0.05) is 22.9 Å². The van der Waals surface area contributed by atoms with Crippen molar-refractivity contribution in [3.8, 4) is 0 Å². The average Bonchev–Trinajstić information content (AvgIpc) is 2.17. The Bertz CT molecular complexity index is 335. The standard InChI is InChI=1S/C11H15BrN2O/c1-8(12)7-14(3)11(15)10-5-4-9(2)13-6-10/h4-6,8H,7H2,1-3H3. The third-order valence-electron chi connectivity index (χ3n) is 2.03. The van der Waals surface area contributed by atoms with E-state index in [9.17, 15) is 4.79 Å². The van der Waals surface area contributed by atoms with E-state index in [0.29, 0.717) is 16.9 Å². The predicted molar refractivity (Wildman–Crippen MR) is 64.3 cm³/mol. The zero-order chi connectivity index (χ0) is 11.4. The van der Waals surface area contributed by atoms with Gasteiger partial charge in [0.25, 0.3) is 5.91 Å². The van der Waals surface area contributed by atoms with Crippen molar-refractivity contribution in [1.82, 2.24) is 9.88 Å². The third-order valence-corrected chi connectivity index (χ3v) is 2.32. The van der Waals surface area contributed by atoms with Crippen LogP contribution in [0.15, 0.2) is 18.3 Å². The van der Waals surface area contributed by atoms with Crippen molar-refractivity contribution in [1.29, 1.82) is 0 Å². The smallest absolute Gasteiger partial charge is 0.255 e. The van der Waals surface area contributed by atoms with Crippen molar-refractivity contribution in [3.63, 3.8) is 0 Å². The van der Waals surface area contributed by atoms with Crippen molar-refractivity contribution in [2.45, 2.75) is 18.7 Å². The quantitative estimate of drug-likeness (QED) is 0.790. The highest BCUT2D eigenvalue weighted by Crippen LogP contribution is 2.06. The second-order valence-corrected chi connectivity index (χ2v) is 5.22. The Balaban J connectivity index is 2.72. The van der Waals surface area contributed by atoms with Crippen LogP contribution in [0, 0.1) is 6.92 Å². The van der Waals surface area contributed by atoms with E-state index in [-0.39, 0.29) is 5.91 Å². The topological polar surface area (TPSA) is 33.2 Å². The van der Waals surface area contributed by atoms with Crippen molar-refractivity contribution in [2.75, 3.05) is 13.6 Å². The number of aryl methyl sites for hydroxylation is 1. The molecule has 0 aromatic carbocycles. The lowest BCUT2D eigenvalue weighted by molar-refractivity contribution is 0.0797. The summed E-state index contributed by atoms with van der Waals surface area (Å²) < 4.78 is 0. The fraction of sp³-hybridized carbons (Fsp3) is 0.455. The molecule has 0 bridgehead atoms. The number of alkyl halides is 1. The van der Waals surface area contributed by atoms with Gasteiger partial charge in [0.1, 0.15) is 0 Å². The van der Waals surface area contributed by atoms with Crippen molar-refractivity contribution >= 4 is 21.8 Å². The summed E-state index contributed by atoms with van der Waals surface area (Å²) in [5, 5.41) is 0. The number of carbonyl (C=O) groups excluding carboxylic acids is 1. The molecule has 0 aliphatic carbocycles. The van der Waals surface area contributed by atoms with Crippen LogP contribution in [0.4, 0.5) is 0 Å². The average molecular weight is 271 g/mol. The van der Waals surface area contributed by atoms with Crippen LogP contribution in [-0.4, -0.2) is 34.2 Å². The van der Waals surface area contributed by atoms with E-state index in [1.807, 2.05) is 19.9 Å². The lowest BCUT2D eigenvalue weighted by Crippen LogP contribution is -2.31. The van der Waals surface area contributed by atoms with Crippen molar-refractivity contribution < 1.29 is 4.79 Å². The molecule has 0 N–H and O–H groups in total. The summed E-state index contributed by atoms with van der Waals surface area (Å²) in [6.07, 6.45) is 1.62. The van der Waals surface area contributed by atoms with Crippen molar-refractivity contribution in [2.24, 2.45) is 0 Å². The molecule has 15 heavy (non-hydrogen) atoms. The molecular weight excluding hydrogens is 256 g/mol. The molecule has 1 rings (SSSR count). The summed E-state index contributed by atoms with van der Waals surface area (Å²) in [4.78, 5) is 17.9. The van der Waals surface area contributed by atoms with E-state index in [1.165, 1.54) is 0 Å². The molecule has 0 saturated carbocycles. The number of halogens is 1. The van der Waals surface area contributed by atoms with Gasteiger partial charge < -0.3 is 4.90 Å². The van der Waals surface area contributed by atoms with Gasteiger partial charge in [-0.05, 0) is 19.1 Å². The summed E-state index contributed by atoms with van der Waals surface area (Å²) in [5.41, 5.74) is 1.55. The van der Waals surface area contributed by atoms with Gasteiger partial charge in [-0.2, -0.15) is 0 Å². The number of hydrogen-bond donors (Lipinski definition) is 0. The number of rotatable bonds is 3. The molecule has 1 amide bonds. The van der Waals surface area contributed by atoms with E-state index >= 15 is 0 Å². The van der Waals surface area contributed by atoms with E-state index in [0.717, 1.165) is 5.69 Å². The second kappa shape index (κ2) is 5.26. The van der Waals surface area contributed by atoms with Gasteiger partial charge in [0.05, 0.1) is 5.56 Å². The Hall–Kier alpha value is -0.900. The summed E-state index contributed by atoms with van der Waals surface area (Å²) in [5.74, 6) is 0.00815. The normalized spacial score (nSPS) is 12.3. The van der Waals surface area contributed by atoms with Crippen LogP contribution >= 0.6 is 15.9 Å². The van der Waals surface area contributed by atoms with Gasteiger partial charge in [0.2, 0.25) is 0 Å². The summed E-state index contributed by atoms with van der Waals surface area (Å²) in [6.45, 7) is 4.60. The van der Waals surface area contributed by atoms with E-state index in [4.69, 9.17) is 0 Å². The SMILES string of the molecule is Cc1ccc(C(=O)N(C)CC(C)Br)cn1.